The third-order valence-corrected chi connectivity index (χ3v) is 5.47. The number of aryl methyl sites for hydroxylation is 1. The van der Waals surface area contributed by atoms with Crippen LogP contribution >= 0.6 is 11.8 Å². The Labute approximate surface area is 177 Å². The van der Waals surface area contributed by atoms with E-state index < -0.39 is 0 Å². The summed E-state index contributed by atoms with van der Waals surface area (Å²) in [7, 11) is 0. The molecule has 8 heteroatoms. The highest BCUT2D eigenvalue weighted by atomic mass is 32.2. The van der Waals surface area contributed by atoms with Crippen LogP contribution in [0.25, 0.3) is 22.4 Å². The highest BCUT2D eigenvalue weighted by Gasteiger charge is 2.16. The van der Waals surface area contributed by atoms with Crippen LogP contribution in [0, 0.1) is 0 Å². The molecule has 0 atom stereocenters. The van der Waals surface area contributed by atoms with Crippen molar-refractivity contribution in [2.24, 2.45) is 0 Å². The van der Waals surface area contributed by atoms with Gasteiger partial charge in [-0.25, -0.2) is 4.98 Å². The largest absolute Gasteiger partial charge is 0.352 e. The van der Waals surface area contributed by atoms with Crippen LogP contribution in [0.1, 0.15) is 12.0 Å². The highest BCUT2D eigenvalue weighted by Crippen LogP contribution is 2.23. The van der Waals surface area contributed by atoms with Gasteiger partial charge in [0, 0.05) is 30.0 Å². The van der Waals surface area contributed by atoms with Crippen LogP contribution in [0.4, 0.5) is 0 Å². The lowest BCUT2D eigenvalue weighted by Crippen LogP contribution is -2.27. The van der Waals surface area contributed by atoms with Gasteiger partial charge in [-0.15, -0.1) is 11.8 Å². The van der Waals surface area contributed by atoms with Crippen molar-refractivity contribution in [1.29, 1.82) is 0 Å². The van der Waals surface area contributed by atoms with Gasteiger partial charge in [-0.2, -0.15) is 0 Å². The normalized spacial score (nSPS) is 11.0. The minimum Gasteiger partial charge on any atom is -0.352 e. The summed E-state index contributed by atoms with van der Waals surface area (Å²) in [6.07, 6.45) is 3.62. The highest BCUT2D eigenvalue weighted by molar-refractivity contribution is 7.98. The molecule has 0 fully saturated rings. The van der Waals surface area contributed by atoms with Gasteiger partial charge in [-0.05, 0) is 24.0 Å². The molecule has 2 heterocycles. The number of thioether (sulfide) groups is 1. The van der Waals surface area contributed by atoms with Crippen molar-refractivity contribution in [2.45, 2.75) is 24.4 Å². The molecule has 0 saturated heterocycles. The van der Waals surface area contributed by atoms with Gasteiger partial charge in [-0.1, -0.05) is 47.6 Å². The van der Waals surface area contributed by atoms with Gasteiger partial charge < -0.3 is 9.84 Å². The molecule has 0 radical (unpaired) electrons. The van der Waals surface area contributed by atoms with E-state index in [1.807, 2.05) is 60.9 Å². The lowest BCUT2D eigenvalue weighted by Gasteiger charge is -2.07. The predicted octanol–water partition coefficient (Wildman–Crippen LogP) is 3.48. The molecule has 1 N–H and O–H groups in total. The maximum Gasteiger partial charge on any atom is 0.299 e. The Morgan fingerprint density at radius 1 is 1.13 bits per heavy atom. The minimum atomic E-state index is -0.352. The number of nitrogens with one attached hydrogen (secondary N) is 1. The molecule has 0 saturated carbocycles. The van der Waals surface area contributed by atoms with E-state index in [4.69, 9.17) is 4.52 Å². The fraction of sp³-hybridized carbons (Fsp3) is 0.182. The zero-order chi connectivity index (χ0) is 20.9. The van der Waals surface area contributed by atoms with Crippen LogP contribution in [0.5, 0.6) is 0 Å². The second-order valence-corrected chi connectivity index (χ2v) is 7.57. The first-order chi connectivity index (χ1) is 14.7. The van der Waals surface area contributed by atoms with E-state index >= 15 is 0 Å². The number of fused-ring (bicyclic) bond motifs is 1. The molecule has 30 heavy (non-hydrogen) atoms. The van der Waals surface area contributed by atoms with E-state index in [1.165, 1.54) is 15.8 Å². The average molecular weight is 420 g/mol. The van der Waals surface area contributed by atoms with E-state index in [1.54, 1.807) is 11.8 Å². The van der Waals surface area contributed by atoms with E-state index in [-0.39, 0.29) is 30.0 Å². The SMILES string of the molecule is CSc1ccc(CNC(=O)CCn2cnc3c(-c4ccccc4)noc3c2=O)cc1. The molecule has 152 valence electrons. The molecule has 0 spiro atoms. The van der Waals surface area contributed by atoms with Crippen LogP contribution in [-0.4, -0.2) is 26.9 Å². The first-order valence-corrected chi connectivity index (χ1v) is 10.7. The van der Waals surface area contributed by atoms with Gasteiger partial charge in [0.15, 0.2) is 0 Å². The number of hydrogen-bond donors (Lipinski definition) is 1. The van der Waals surface area contributed by atoms with Crippen molar-refractivity contribution in [3.8, 4) is 11.3 Å². The van der Waals surface area contributed by atoms with Crippen molar-refractivity contribution < 1.29 is 9.32 Å². The number of nitrogens with zero attached hydrogens (tertiary/aromatic N) is 3. The van der Waals surface area contributed by atoms with Crippen LogP contribution < -0.4 is 10.9 Å². The number of hydrogen-bond acceptors (Lipinski definition) is 6. The van der Waals surface area contributed by atoms with Crippen LogP contribution in [-0.2, 0) is 17.9 Å². The topological polar surface area (TPSA) is 90.0 Å². The zero-order valence-corrected chi connectivity index (χ0v) is 17.2. The van der Waals surface area contributed by atoms with E-state index in [0.29, 0.717) is 17.8 Å². The minimum absolute atomic E-state index is 0.0886. The molecule has 0 aliphatic rings. The van der Waals surface area contributed by atoms with Gasteiger partial charge in [0.1, 0.15) is 11.2 Å². The molecule has 0 aliphatic carbocycles. The Morgan fingerprint density at radius 2 is 1.90 bits per heavy atom. The van der Waals surface area contributed by atoms with Crippen molar-refractivity contribution >= 4 is 28.8 Å². The number of carbonyl (C=O) groups excluding carboxylic acids is 1. The molecule has 2 aromatic carbocycles. The third kappa shape index (κ3) is 4.28. The number of rotatable bonds is 7. The summed E-state index contributed by atoms with van der Waals surface area (Å²) in [6, 6.07) is 17.4. The Bertz CT molecular complexity index is 1220. The first kappa shape index (κ1) is 19.9. The zero-order valence-electron chi connectivity index (χ0n) is 16.4. The van der Waals surface area contributed by atoms with Crippen LogP contribution in [0.2, 0.25) is 0 Å². The smallest absolute Gasteiger partial charge is 0.299 e. The quantitative estimate of drug-likeness (QED) is 0.461. The average Bonchev–Trinajstić information content (AvgIpc) is 3.23. The third-order valence-electron chi connectivity index (χ3n) is 4.72. The van der Waals surface area contributed by atoms with Gasteiger partial charge >= 0.3 is 0 Å². The summed E-state index contributed by atoms with van der Waals surface area (Å²) in [5.41, 5.74) is 2.53. The standard InChI is InChI=1S/C22H20N4O3S/c1-30-17-9-7-15(8-10-17)13-23-18(27)11-12-26-14-24-20-19(16-5-3-2-4-6-16)25-29-21(20)22(26)28/h2-10,14H,11-13H2,1H3,(H,23,27). The lowest BCUT2D eigenvalue weighted by atomic mass is 10.1. The van der Waals surface area contributed by atoms with E-state index in [2.05, 4.69) is 15.5 Å². The summed E-state index contributed by atoms with van der Waals surface area (Å²) in [6.45, 7) is 0.655. The first-order valence-electron chi connectivity index (χ1n) is 9.45. The predicted molar refractivity (Wildman–Crippen MR) is 116 cm³/mol. The van der Waals surface area contributed by atoms with Gasteiger partial charge in [0.2, 0.25) is 5.91 Å². The van der Waals surface area contributed by atoms with Crippen molar-refractivity contribution in [1.82, 2.24) is 20.0 Å². The summed E-state index contributed by atoms with van der Waals surface area (Å²) >= 11 is 1.67. The Kier molecular flexibility index (Phi) is 5.94. The maximum atomic E-state index is 12.7. The summed E-state index contributed by atoms with van der Waals surface area (Å²) < 4.78 is 6.63. The molecule has 4 rings (SSSR count). The molecule has 0 unspecified atom stereocenters. The van der Waals surface area contributed by atoms with Gasteiger partial charge in [0.25, 0.3) is 11.1 Å². The maximum absolute atomic E-state index is 12.7. The van der Waals surface area contributed by atoms with E-state index in [0.717, 1.165) is 11.1 Å². The van der Waals surface area contributed by atoms with Crippen LogP contribution in [0.15, 0.2) is 75.1 Å². The summed E-state index contributed by atoms with van der Waals surface area (Å²) in [4.78, 5) is 30.4. The number of benzene rings is 2. The molecule has 2 aromatic heterocycles. The molecule has 0 bridgehead atoms. The Balaban J connectivity index is 1.41. The van der Waals surface area contributed by atoms with Gasteiger partial charge in [-0.3, -0.25) is 14.2 Å². The fourth-order valence-electron chi connectivity index (χ4n) is 3.05. The second kappa shape index (κ2) is 8.96. The summed E-state index contributed by atoms with van der Waals surface area (Å²) in [5.74, 6) is -0.140. The van der Waals surface area contributed by atoms with Crippen molar-refractivity contribution in [2.75, 3.05) is 6.26 Å². The number of carbonyl (C=O) groups is 1. The second-order valence-electron chi connectivity index (χ2n) is 6.69. The fourth-order valence-corrected chi connectivity index (χ4v) is 3.46. The Morgan fingerprint density at radius 3 is 2.63 bits per heavy atom. The summed E-state index contributed by atoms with van der Waals surface area (Å²) in [5, 5.41) is 6.88. The molecule has 1 amide bonds. The number of amides is 1. The van der Waals surface area contributed by atoms with Gasteiger partial charge in [0.05, 0.1) is 6.33 Å². The molecular formula is C22H20N4O3S. The Hall–Kier alpha value is -3.39. The van der Waals surface area contributed by atoms with Crippen molar-refractivity contribution in [3.05, 3.63) is 76.8 Å². The van der Waals surface area contributed by atoms with Crippen LogP contribution in [0.3, 0.4) is 0 Å². The lowest BCUT2D eigenvalue weighted by molar-refractivity contribution is -0.121. The molecule has 7 nitrogen and oxygen atoms in total. The molecule has 4 aromatic rings. The van der Waals surface area contributed by atoms with E-state index in [9.17, 15) is 9.59 Å². The monoisotopic (exact) mass is 420 g/mol. The molecular weight excluding hydrogens is 400 g/mol. The van der Waals surface area contributed by atoms with Crippen molar-refractivity contribution in [3.63, 3.8) is 0 Å². The molecule has 0 aliphatic heterocycles. The number of aromatic nitrogens is 3.